The standard InChI is InChI=1S/C18H36N4O2/c1-13-9-21(11-15(23)19-17(3,4)5)10-14(2)22(13)12-16(24)20-18(6,7)8/h13-14H,9-12H2,1-8H3,(H,19,23)(H,20,24)/t13-,14-/m1/s1. The van der Waals surface area contributed by atoms with Crippen molar-refractivity contribution in [1.29, 1.82) is 0 Å². The Bertz CT molecular complexity index is 439. The zero-order valence-corrected chi connectivity index (χ0v) is 16.7. The van der Waals surface area contributed by atoms with Gasteiger partial charge in [-0.3, -0.25) is 19.4 Å². The maximum absolute atomic E-state index is 12.2. The van der Waals surface area contributed by atoms with Crippen LogP contribution >= 0.6 is 0 Å². The second-order valence-corrected chi connectivity index (χ2v) is 9.16. The van der Waals surface area contributed by atoms with E-state index in [2.05, 4.69) is 34.3 Å². The van der Waals surface area contributed by atoms with Crippen LogP contribution in [0.5, 0.6) is 0 Å². The zero-order chi connectivity index (χ0) is 18.7. The third-order valence-electron chi connectivity index (χ3n) is 3.90. The summed E-state index contributed by atoms with van der Waals surface area (Å²) >= 11 is 0. The molecule has 24 heavy (non-hydrogen) atoms. The Morgan fingerprint density at radius 2 is 1.21 bits per heavy atom. The molecule has 0 spiro atoms. The predicted molar refractivity (Wildman–Crippen MR) is 97.9 cm³/mol. The summed E-state index contributed by atoms with van der Waals surface area (Å²) in [5, 5.41) is 6.03. The average molecular weight is 341 g/mol. The Morgan fingerprint density at radius 3 is 1.58 bits per heavy atom. The monoisotopic (exact) mass is 340 g/mol. The van der Waals surface area contributed by atoms with E-state index in [1.165, 1.54) is 0 Å². The maximum Gasteiger partial charge on any atom is 0.234 e. The number of rotatable bonds is 4. The third kappa shape index (κ3) is 7.62. The van der Waals surface area contributed by atoms with E-state index in [-0.39, 0.29) is 35.0 Å². The van der Waals surface area contributed by atoms with E-state index in [0.717, 1.165) is 13.1 Å². The van der Waals surface area contributed by atoms with Crippen LogP contribution in [0, 0.1) is 0 Å². The highest BCUT2D eigenvalue weighted by molar-refractivity contribution is 5.79. The number of hydrogen-bond donors (Lipinski definition) is 2. The lowest BCUT2D eigenvalue weighted by molar-refractivity contribution is -0.128. The molecule has 0 aromatic rings. The molecule has 0 aromatic heterocycles. The Labute approximate surface area is 147 Å². The summed E-state index contributed by atoms with van der Waals surface area (Å²) in [7, 11) is 0. The molecule has 2 atom stereocenters. The van der Waals surface area contributed by atoms with E-state index in [1.807, 2.05) is 41.5 Å². The Kier molecular flexibility index (Phi) is 6.82. The van der Waals surface area contributed by atoms with Crippen LogP contribution < -0.4 is 10.6 Å². The van der Waals surface area contributed by atoms with Crippen molar-refractivity contribution in [2.45, 2.75) is 78.6 Å². The first kappa shape index (κ1) is 20.9. The highest BCUT2D eigenvalue weighted by Crippen LogP contribution is 2.15. The van der Waals surface area contributed by atoms with Crippen LogP contribution in [0.25, 0.3) is 0 Å². The molecule has 0 radical (unpaired) electrons. The Morgan fingerprint density at radius 1 is 0.833 bits per heavy atom. The van der Waals surface area contributed by atoms with Crippen molar-refractivity contribution in [3.8, 4) is 0 Å². The van der Waals surface area contributed by atoms with Crippen molar-refractivity contribution < 1.29 is 9.59 Å². The lowest BCUT2D eigenvalue weighted by Gasteiger charge is -2.44. The van der Waals surface area contributed by atoms with Crippen LogP contribution in [0.2, 0.25) is 0 Å². The van der Waals surface area contributed by atoms with Crippen molar-refractivity contribution in [3.05, 3.63) is 0 Å². The normalized spacial score (nSPS) is 23.8. The van der Waals surface area contributed by atoms with Gasteiger partial charge in [0.05, 0.1) is 13.1 Å². The highest BCUT2D eigenvalue weighted by Gasteiger charge is 2.32. The minimum absolute atomic E-state index is 0.0557. The number of amides is 2. The molecule has 1 rings (SSSR count). The molecule has 1 aliphatic heterocycles. The largest absolute Gasteiger partial charge is 0.350 e. The quantitative estimate of drug-likeness (QED) is 0.807. The predicted octanol–water partition coefficient (Wildman–Crippen LogP) is 1.21. The summed E-state index contributed by atoms with van der Waals surface area (Å²) in [5.41, 5.74) is -0.419. The van der Waals surface area contributed by atoms with Gasteiger partial charge in [-0.15, -0.1) is 0 Å². The fourth-order valence-corrected chi connectivity index (χ4v) is 3.19. The summed E-state index contributed by atoms with van der Waals surface area (Å²) in [6.07, 6.45) is 0. The van der Waals surface area contributed by atoms with E-state index in [4.69, 9.17) is 0 Å². The Balaban J connectivity index is 2.55. The van der Waals surface area contributed by atoms with Crippen molar-refractivity contribution in [2.75, 3.05) is 26.2 Å². The van der Waals surface area contributed by atoms with Gasteiger partial charge in [-0.25, -0.2) is 0 Å². The summed E-state index contributed by atoms with van der Waals surface area (Å²) in [4.78, 5) is 28.7. The van der Waals surface area contributed by atoms with Crippen LogP contribution in [0.1, 0.15) is 55.4 Å². The van der Waals surface area contributed by atoms with Gasteiger partial charge >= 0.3 is 0 Å². The van der Waals surface area contributed by atoms with E-state index >= 15 is 0 Å². The number of hydrogen-bond acceptors (Lipinski definition) is 4. The van der Waals surface area contributed by atoms with Gasteiger partial charge in [0.15, 0.2) is 0 Å². The molecule has 0 unspecified atom stereocenters. The minimum Gasteiger partial charge on any atom is -0.350 e. The number of nitrogens with one attached hydrogen (secondary N) is 2. The highest BCUT2D eigenvalue weighted by atomic mass is 16.2. The molecule has 0 saturated carbocycles. The van der Waals surface area contributed by atoms with E-state index in [0.29, 0.717) is 13.1 Å². The number of carbonyl (C=O) groups excluding carboxylic acids is 2. The molecule has 2 amide bonds. The first-order valence-electron chi connectivity index (χ1n) is 8.87. The molecule has 140 valence electrons. The first-order valence-corrected chi connectivity index (χ1v) is 8.87. The molecule has 0 bridgehead atoms. The molecule has 1 fully saturated rings. The minimum atomic E-state index is -0.212. The van der Waals surface area contributed by atoms with Crippen LogP contribution in [0.4, 0.5) is 0 Å². The zero-order valence-electron chi connectivity index (χ0n) is 16.7. The van der Waals surface area contributed by atoms with Gasteiger partial charge in [0, 0.05) is 36.3 Å². The number of piperazine rings is 1. The van der Waals surface area contributed by atoms with E-state index in [9.17, 15) is 9.59 Å². The maximum atomic E-state index is 12.2. The summed E-state index contributed by atoms with van der Waals surface area (Å²) < 4.78 is 0. The van der Waals surface area contributed by atoms with Crippen LogP contribution in [0.15, 0.2) is 0 Å². The SMILES string of the molecule is C[C@@H]1CN(CC(=O)NC(C)(C)C)C[C@@H](C)N1CC(=O)NC(C)(C)C. The average Bonchev–Trinajstić information content (AvgIpc) is 2.28. The van der Waals surface area contributed by atoms with Crippen LogP contribution in [-0.4, -0.2) is 71.0 Å². The Hall–Kier alpha value is -1.14. The molecular formula is C18H36N4O2. The van der Waals surface area contributed by atoms with Gasteiger partial charge in [0.2, 0.25) is 11.8 Å². The molecule has 0 aliphatic carbocycles. The van der Waals surface area contributed by atoms with Crippen molar-refractivity contribution >= 4 is 11.8 Å². The number of carbonyl (C=O) groups is 2. The molecule has 1 saturated heterocycles. The van der Waals surface area contributed by atoms with Crippen molar-refractivity contribution in [3.63, 3.8) is 0 Å². The van der Waals surface area contributed by atoms with Crippen molar-refractivity contribution in [1.82, 2.24) is 20.4 Å². The molecule has 1 aliphatic rings. The van der Waals surface area contributed by atoms with Crippen molar-refractivity contribution in [2.24, 2.45) is 0 Å². The molecule has 6 nitrogen and oxygen atoms in total. The third-order valence-corrected chi connectivity index (χ3v) is 3.90. The van der Waals surface area contributed by atoms with Crippen LogP contribution in [-0.2, 0) is 9.59 Å². The second-order valence-electron chi connectivity index (χ2n) is 9.16. The van der Waals surface area contributed by atoms with Gasteiger partial charge in [0.25, 0.3) is 0 Å². The fraction of sp³-hybridized carbons (Fsp3) is 0.889. The molecule has 0 aromatic carbocycles. The summed E-state index contributed by atoms with van der Waals surface area (Å²) in [6, 6.07) is 0.476. The number of nitrogens with zero attached hydrogens (tertiary/aromatic N) is 2. The van der Waals surface area contributed by atoms with E-state index < -0.39 is 0 Å². The molecule has 1 heterocycles. The van der Waals surface area contributed by atoms with E-state index in [1.54, 1.807) is 0 Å². The topological polar surface area (TPSA) is 64.7 Å². The lowest BCUT2D eigenvalue weighted by atomic mass is 10.1. The van der Waals surface area contributed by atoms with Gasteiger partial charge in [-0.05, 0) is 55.4 Å². The molecular weight excluding hydrogens is 304 g/mol. The van der Waals surface area contributed by atoms with Gasteiger partial charge in [-0.2, -0.15) is 0 Å². The fourth-order valence-electron chi connectivity index (χ4n) is 3.19. The molecule has 2 N–H and O–H groups in total. The molecule has 6 heteroatoms. The van der Waals surface area contributed by atoms with Gasteiger partial charge in [-0.1, -0.05) is 0 Å². The smallest absolute Gasteiger partial charge is 0.234 e. The van der Waals surface area contributed by atoms with Gasteiger partial charge < -0.3 is 10.6 Å². The summed E-state index contributed by atoms with van der Waals surface area (Å²) in [6.45, 7) is 18.6. The van der Waals surface area contributed by atoms with Gasteiger partial charge in [0.1, 0.15) is 0 Å². The second kappa shape index (κ2) is 7.83. The van der Waals surface area contributed by atoms with Crippen LogP contribution in [0.3, 0.4) is 0 Å². The first-order chi connectivity index (χ1) is 10.8. The summed E-state index contributed by atoms with van der Waals surface area (Å²) in [5.74, 6) is 0.112. The lowest BCUT2D eigenvalue weighted by Crippen LogP contribution is -2.60.